The Morgan fingerprint density at radius 2 is 1.74 bits per heavy atom. The zero-order chi connectivity index (χ0) is 13.8. The molecule has 0 amide bonds. The summed E-state index contributed by atoms with van der Waals surface area (Å²) >= 11 is 5.83. The SMILES string of the molecule is CCc1ccc(CC(O)c2cc(Cl)ccc2F)cc1. The second-order valence-electron chi connectivity index (χ2n) is 4.56. The number of rotatable bonds is 4. The fraction of sp³-hybridized carbons (Fsp3) is 0.250. The summed E-state index contributed by atoms with van der Waals surface area (Å²) < 4.78 is 13.6. The number of aliphatic hydroxyl groups is 1. The van der Waals surface area contributed by atoms with Gasteiger partial charge in [-0.2, -0.15) is 0 Å². The molecule has 19 heavy (non-hydrogen) atoms. The molecule has 0 bridgehead atoms. The summed E-state index contributed by atoms with van der Waals surface area (Å²) in [6.45, 7) is 2.09. The zero-order valence-electron chi connectivity index (χ0n) is 10.7. The first kappa shape index (κ1) is 14.0. The lowest BCUT2D eigenvalue weighted by Crippen LogP contribution is -2.04. The van der Waals surface area contributed by atoms with Gasteiger partial charge in [-0.05, 0) is 35.7 Å². The molecule has 0 radical (unpaired) electrons. The molecule has 2 aromatic carbocycles. The summed E-state index contributed by atoms with van der Waals surface area (Å²) in [5, 5.41) is 10.5. The van der Waals surface area contributed by atoms with Crippen molar-refractivity contribution in [2.75, 3.05) is 0 Å². The second kappa shape index (κ2) is 6.18. The highest BCUT2D eigenvalue weighted by molar-refractivity contribution is 6.30. The fourth-order valence-corrected chi connectivity index (χ4v) is 2.19. The van der Waals surface area contributed by atoms with Gasteiger partial charge in [-0.1, -0.05) is 42.8 Å². The number of benzene rings is 2. The van der Waals surface area contributed by atoms with Crippen LogP contribution in [0.25, 0.3) is 0 Å². The molecule has 1 unspecified atom stereocenters. The average molecular weight is 279 g/mol. The molecule has 2 aromatic rings. The number of halogens is 2. The first-order valence-electron chi connectivity index (χ1n) is 6.31. The molecule has 2 rings (SSSR count). The Balaban J connectivity index is 2.15. The molecule has 0 saturated carbocycles. The Hall–Kier alpha value is -1.38. The third-order valence-electron chi connectivity index (χ3n) is 3.18. The Morgan fingerprint density at radius 3 is 2.37 bits per heavy atom. The van der Waals surface area contributed by atoms with Gasteiger partial charge >= 0.3 is 0 Å². The number of aryl methyl sites for hydroxylation is 1. The zero-order valence-corrected chi connectivity index (χ0v) is 11.5. The van der Waals surface area contributed by atoms with E-state index in [2.05, 4.69) is 6.92 Å². The van der Waals surface area contributed by atoms with Crippen LogP contribution in [-0.4, -0.2) is 5.11 Å². The van der Waals surface area contributed by atoms with E-state index < -0.39 is 11.9 Å². The molecule has 0 aromatic heterocycles. The van der Waals surface area contributed by atoms with Crippen molar-refractivity contribution in [1.29, 1.82) is 0 Å². The van der Waals surface area contributed by atoms with Crippen molar-refractivity contribution < 1.29 is 9.50 Å². The summed E-state index contributed by atoms with van der Waals surface area (Å²) in [5.41, 5.74) is 2.46. The van der Waals surface area contributed by atoms with Crippen molar-refractivity contribution in [2.24, 2.45) is 0 Å². The van der Waals surface area contributed by atoms with E-state index >= 15 is 0 Å². The van der Waals surface area contributed by atoms with Gasteiger partial charge in [-0.25, -0.2) is 4.39 Å². The Bertz CT molecular complexity index is 551. The minimum absolute atomic E-state index is 0.243. The Kier molecular flexibility index (Phi) is 4.56. The van der Waals surface area contributed by atoms with Gasteiger partial charge in [-0.3, -0.25) is 0 Å². The largest absolute Gasteiger partial charge is 0.388 e. The number of hydrogen-bond donors (Lipinski definition) is 1. The molecule has 1 nitrogen and oxygen atoms in total. The van der Waals surface area contributed by atoms with Crippen LogP contribution in [0.5, 0.6) is 0 Å². The van der Waals surface area contributed by atoms with Crippen LogP contribution in [-0.2, 0) is 12.8 Å². The van der Waals surface area contributed by atoms with Crippen LogP contribution in [0.15, 0.2) is 42.5 Å². The molecular formula is C16H16ClFO. The molecule has 0 saturated heterocycles. The maximum atomic E-state index is 13.6. The maximum absolute atomic E-state index is 13.6. The summed E-state index contributed by atoms with van der Waals surface area (Å²) in [6, 6.07) is 12.2. The third-order valence-corrected chi connectivity index (χ3v) is 3.41. The molecule has 1 atom stereocenters. The summed E-state index contributed by atoms with van der Waals surface area (Å²) in [4.78, 5) is 0. The summed E-state index contributed by atoms with van der Waals surface area (Å²) in [5.74, 6) is -0.429. The van der Waals surface area contributed by atoms with Crippen LogP contribution in [0.1, 0.15) is 29.7 Å². The van der Waals surface area contributed by atoms with Crippen LogP contribution in [0.4, 0.5) is 4.39 Å². The van der Waals surface area contributed by atoms with Crippen molar-refractivity contribution >= 4 is 11.6 Å². The van der Waals surface area contributed by atoms with Gasteiger partial charge in [-0.15, -0.1) is 0 Å². The van der Waals surface area contributed by atoms with E-state index in [1.165, 1.54) is 23.8 Å². The van der Waals surface area contributed by atoms with Crippen LogP contribution in [0.3, 0.4) is 0 Å². The van der Waals surface area contributed by atoms with E-state index in [1.807, 2.05) is 24.3 Å². The quantitative estimate of drug-likeness (QED) is 0.883. The van der Waals surface area contributed by atoms with E-state index in [4.69, 9.17) is 11.6 Å². The van der Waals surface area contributed by atoms with Gasteiger partial charge < -0.3 is 5.11 Å². The minimum atomic E-state index is -0.883. The highest BCUT2D eigenvalue weighted by atomic mass is 35.5. The lowest BCUT2D eigenvalue weighted by molar-refractivity contribution is 0.173. The third kappa shape index (κ3) is 3.55. The van der Waals surface area contributed by atoms with Crippen LogP contribution >= 0.6 is 11.6 Å². The van der Waals surface area contributed by atoms with Crippen molar-refractivity contribution in [3.05, 3.63) is 70.0 Å². The monoisotopic (exact) mass is 278 g/mol. The molecule has 0 aliphatic heterocycles. The molecule has 1 N–H and O–H groups in total. The van der Waals surface area contributed by atoms with Crippen molar-refractivity contribution in [3.8, 4) is 0 Å². The number of aliphatic hydroxyl groups excluding tert-OH is 1. The van der Waals surface area contributed by atoms with Gasteiger partial charge in [0.2, 0.25) is 0 Å². The molecular weight excluding hydrogens is 263 g/mol. The highest BCUT2D eigenvalue weighted by Gasteiger charge is 2.14. The van der Waals surface area contributed by atoms with Crippen LogP contribution < -0.4 is 0 Å². The van der Waals surface area contributed by atoms with E-state index in [-0.39, 0.29) is 5.56 Å². The smallest absolute Gasteiger partial charge is 0.129 e. The van der Waals surface area contributed by atoms with Gasteiger partial charge in [0.15, 0.2) is 0 Å². The van der Waals surface area contributed by atoms with E-state index in [1.54, 1.807) is 0 Å². The predicted molar refractivity (Wildman–Crippen MR) is 75.9 cm³/mol. The first-order chi connectivity index (χ1) is 9.10. The van der Waals surface area contributed by atoms with Crippen molar-refractivity contribution in [3.63, 3.8) is 0 Å². The fourth-order valence-electron chi connectivity index (χ4n) is 2.01. The van der Waals surface area contributed by atoms with Gasteiger partial charge in [0.1, 0.15) is 5.82 Å². The summed E-state index contributed by atoms with van der Waals surface area (Å²) in [7, 11) is 0. The molecule has 0 aliphatic rings. The minimum Gasteiger partial charge on any atom is -0.388 e. The number of hydrogen-bond acceptors (Lipinski definition) is 1. The van der Waals surface area contributed by atoms with Crippen molar-refractivity contribution in [1.82, 2.24) is 0 Å². The van der Waals surface area contributed by atoms with E-state index in [0.717, 1.165) is 12.0 Å². The molecule has 0 aliphatic carbocycles. The normalized spacial score (nSPS) is 12.4. The summed E-state index contributed by atoms with van der Waals surface area (Å²) in [6.07, 6.45) is 0.471. The molecule has 0 heterocycles. The maximum Gasteiger partial charge on any atom is 0.129 e. The lowest BCUT2D eigenvalue weighted by atomic mass is 10.00. The first-order valence-corrected chi connectivity index (χ1v) is 6.68. The van der Waals surface area contributed by atoms with Gasteiger partial charge in [0, 0.05) is 17.0 Å². The second-order valence-corrected chi connectivity index (χ2v) is 4.99. The molecule has 100 valence electrons. The Morgan fingerprint density at radius 1 is 1.11 bits per heavy atom. The van der Waals surface area contributed by atoms with Gasteiger partial charge in [0.05, 0.1) is 6.10 Å². The van der Waals surface area contributed by atoms with Gasteiger partial charge in [0.25, 0.3) is 0 Å². The predicted octanol–water partition coefficient (Wildman–Crippen LogP) is 4.32. The van der Waals surface area contributed by atoms with Crippen molar-refractivity contribution in [2.45, 2.75) is 25.9 Å². The molecule has 0 spiro atoms. The Labute approximate surface area is 117 Å². The standard InChI is InChI=1S/C16H16ClFO/c1-2-11-3-5-12(6-4-11)9-16(19)14-10-13(17)7-8-15(14)18/h3-8,10,16,19H,2,9H2,1H3. The molecule has 3 heteroatoms. The van der Waals surface area contributed by atoms with Crippen LogP contribution in [0, 0.1) is 5.82 Å². The highest BCUT2D eigenvalue weighted by Crippen LogP contribution is 2.24. The van der Waals surface area contributed by atoms with E-state index in [0.29, 0.717) is 11.4 Å². The molecule has 0 fully saturated rings. The topological polar surface area (TPSA) is 20.2 Å². The average Bonchev–Trinajstić information content (AvgIpc) is 2.42. The van der Waals surface area contributed by atoms with Crippen LogP contribution in [0.2, 0.25) is 5.02 Å². The van der Waals surface area contributed by atoms with E-state index in [9.17, 15) is 9.50 Å². The lowest BCUT2D eigenvalue weighted by Gasteiger charge is -2.12.